The van der Waals surface area contributed by atoms with Crippen molar-refractivity contribution in [3.8, 4) is 16.3 Å². The second-order valence-corrected chi connectivity index (χ2v) is 6.52. The molecule has 0 aliphatic carbocycles. The summed E-state index contributed by atoms with van der Waals surface area (Å²) in [5.74, 6) is -0.882. The van der Waals surface area contributed by atoms with Crippen LogP contribution in [-0.4, -0.2) is 28.6 Å². The van der Waals surface area contributed by atoms with Gasteiger partial charge in [-0.3, -0.25) is 4.79 Å². The molecule has 0 aliphatic heterocycles. The van der Waals surface area contributed by atoms with E-state index in [1.165, 1.54) is 0 Å². The molecule has 0 bridgehead atoms. The Balaban J connectivity index is 2.41. The molecule has 0 fully saturated rings. The molecule has 0 saturated heterocycles. The van der Waals surface area contributed by atoms with E-state index in [0.29, 0.717) is 34.5 Å². The molecule has 0 radical (unpaired) electrons. The van der Waals surface area contributed by atoms with Crippen LogP contribution in [0.5, 0.6) is 5.75 Å². The number of carbonyl (C=O) groups excluding carboxylic acids is 1. The molecule has 1 aromatic carbocycles. The molecule has 3 N–H and O–H groups in total. The van der Waals surface area contributed by atoms with Gasteiger partial charge in [0.05, 0.1) is 17.9 Å². The van der Waals surface area contributed by atoms with Gasteiger partial charge < -0.3 is 15.6 Å². The highest BCUT2D eigenvalue weighted by atomic mass is 32.1. The van der Waals surface area contributed by atoms with Gasteiger partial charge in [-0.05, 0) is 31.0 Å². The van der Waals surface area contributed by atoms with Crippen LogP contribution >= 0.6 is 11.3 Å². The molecule has 122 valence electrons. The van der Waals surface area contributed by atoms with E-state index < -0.39 is 11.9 Å². The number of rotatable bonds is 6. The van der Waals surface area contributed by atoms with E-state index in [9.17, 15) is 9.59 Å². The van der Waals surface area contributed by atoms with Gasteiger partial charge in [-0.25, -0.2) is 9.78 Å². The first-order valence-corrected chi connectivity index (χ1v) is 7.89. The monoisotopic (exact) mass is 334 g/mol. The molecular formula is C16H18N2O4S. The van der Waals surface area contributed by atoms with Crippen molar-refractivity contribution in [1.29, 1.82) is 0 Å². The number of primary amides is 1. The molecule has 0 unspecified atom stereocenters. The molecule has 1 heterocycles. The van der Waals surface area contributed by atoms with Gasteiger partial charge >= 0.3 is 5.97 Å². The van der Waals surface area contributed by atoms with Crippen LogP contribution in [0.15, 0.2) is 18.2 Å². The van der Waals surface area contributed by atoms with Crippen LogP contribution in [-0.2, 0) is 0 Å². The third-order valence-electron chi connectivity index (χ3n) is 3.05. The number of carboxylic acid groups (broad SMARTS) is 1. The summed E-state index contributed by atoms with van der Waals surface area (Å²) in [5.41, 5.74) is 6.76. The van der Waals surface area contributed by atoms with E-state index in [0.717, 1.165) is 11.3 Å². The predicted octanol–water partition coefficient (Wildman–Crippen LogP) is 2.95. The van der Waals surface area contributed by atoms with Crippen LogP contribution in [0.1, 0.15) is 39.6 Å². The molecule has 0 aliphatic rings. The van der Waals surface area contributed by atoms with Crippen LogP contribution in [0.25, 0.3) is 10.6 Å². The summed E-state index contributed by atoms with van der Waals surface area (Å²) < 4.78 is 5.61. The lowest BCUT2D eigenvalue weighted by Gasteiger charge is -2.12. The Morgan fingerprint density at radius 2 is 2.09 bits per heavy atom. The average Bonchev–Trinajstić information content (AvgIpc) is 2.87. The largest absolute Gasteiger partial charge is 0.492 e. The number of thiazole rings is 1. The quantitative estimate of drug-likeness (QED) is 0.845. The third-order valence-corrected chi connectivity index (χ3v) is 4.25. The third kappa shape index (κ3) is 3.87. The zero-order chi connectivity index (χ0) is 17.1. The lowest BCUT2D eigenvalue weighted by Crippen LogP contribution is -2.14. The topological polar surface area (TPSA) is 103 Å². The lowest BCUT2D eigenvalue weighted by molar-refractivity contribution is 0.0701. The normalized spacial score (nSPS) is 10.8. The fraction of sp³-hybridized carbons (Fsp3) is 0.312. The number of carbonyl (C=O) groups is 2. The van der Waals surface area contributed by atoms with Crippen molar-refractivity contribution in [3.63, 3.8) is 0 Å². The van der Waals surface area contributed by atoms with Crippen LogP contribution in [0.4, 0.5) is 0 Å². The van der Waals surface area contributed by atoms with Crippen molar-refractivity contribution in [2.45, 2.75) is 20.8 Å². The molecule has 0 saturated carbocycles. The Bertz CT molecular complexity index is 753. The second-order valence-electron chi connectivity index (χ2n) is 5.52. The van der Waals surface area contributed by atoms with Gasteiger partial charge in [0.1, 0.15) is 15.6 Å². The van der Waals surface area contributed by atoms with Gasteiger partial charge in [0, 0.05) is 5.56 Å². The number of carboxylic acids is 1. The van der Waals surface area contributed by atoms with Crippen LogP contribution in [0.3, 0.4) is 0 Å². The summed E-state index contributed by atoms with van der Waals surface area (Å²) in [5, 5.41) is 9.64. The lowest BCUT2D eigenvalue weighted by atomic mass is 10.1. The number of hydrogen-bond donors (Lipinski definition) is 2. The highest BCUT2D eigenvalue weighted by Crippen LogP contribution is 2.31. The Morgan fingerprint density at radius 3 is 2.61 bits per heavy atom. The summed E-state index contributed by atoms with van der Waals surface area (Å²) in [7, 11) is 0. The summed E-state index contributed by atoms with van der Waals surface area (Å²) >= 11 is 1.06. The zero-order valence-corrected chi connectivity index (χ0v) is 13.9. The summed E-state index contributed by atoms with van der Waals surface area (Å²) in [4.78, 5) is 27.2. The van der Waals surface area contributed by atoms with Crippen LogP contribution < -0.4 is 10.5 Å². The van der Waals surface area contributed by atoms with Crippen molar-refractivity contribution in [1.82, 2.24) is 4.98 Å². The second kappa shape index (κ2) is 6.78. The molecule has 2 aromatic rings. The van der Waals surface area contributed by atoms with Gasteiger partial charge in [-0.1, -0.05) is 13.8 Å². The molecule has 2 rings (SSSR count). The van der Waals surface area contributed by atoms with Gasteiger partial charge in [0.25, 0.3) is 5.91 Å². The highest BCUT2D eigenvalue weighted by Gasteiger charge is 2.17. The highest BCUT2D eigenvalue weighted by molar-refractivity contribution is 7.17. The first-order chi connectivity index (χ1) is 10.8. The van der Waals surface area contributed by atoms with Crippen molar-refractivity contribution in [3.05, 3.63) is 34.3 Å². The molecule has 0 spiro atoms. The Morgan fingerprint density at radius 1 is 1.39 bits per heavy atom. The molecule has 7 heteroatoms. The first kappa shape index (κ1) is 17.0. The molecule has 1 aromatic heterocycles. The fourth-order valence-electron chi connectivity index (χ4n) is 1.96. The molecule has 6 nitrogen and oxygen atoms in total. The van der Waals surface area contributed by atoms with E-state index in [2.05, 4.69) is 4.98 Å². The van der Waals surface area contributed by atoms with Crippen molar-refractivity contribution >= 4 is 23.2 Å². The summed E-state index contributed by atoms with van der Waals surface area (Å²) in [6.07, 6.45) is 0. The number of hydrogen-bond acceptors (Lipinski definition) is 5. The van der Waals surface area contributed by atoms with Gasteiger partial charge in [0.15, 0.2) is 0 Å². The SMILES string of the molecule is Cc1nc(-c2ccc(OCC(C)C)c(C(N)=O)c2)sc1C(=O)O. The Kier molecular flexibility index (Phi) is 5.00. The van der Waals surface area contributed by atoms with Gasteiger partial charge in [-0.15, -0.1) is 11.3 Å². The maximum absolute atomic E-state index is 11.7. The Labute approximate surface area is 137 Å². The first-order valence-electron chi connectivity index (χ1n) is 7.07. The van der Waals surface area contributed by atoms with Gasteiger partial charge in [0.2, 0.25) is 0 Å². The van der Waals surface area contributed by atoms with E-state index in [4.69, 9.17) is 15.6 Å². The summed E-state index contributed by atoms with van der Waals surface area (Å²) in [6, 6.07) is 4.99. The number of benzene rings is 1. The summed E-state index contributed by atoms with van der Waals surface area (Å²) in [6.45, 7) is 6.12. The van der Waals surface area contributed by atoms with E-state index in [1.54, 1.807) is 25.1 Å². The minimum atomic E-state index is -1.02. The number of amides is 1. The number of ether oxygens (including phenoxy) is 1. The number of aryl methyl sites for hydroxylation is 1. The van der Waals surface area contributed by atoms with E-state index in [1.807, 2.05) is 13.8 Å². The standard InChI is InChI=1S/C16H18N2O4S/c1-8(2)7-22-12-5-4-10(6-11(12)14(17)19)15-18-9(3)13(23-15)16(20)21/h4-6,8H,7H2,1-3H3,(H2,17,19)(H,20,21). The van der Waals surface area contributed by atoms with Crippen molar-refractivity contribution in [2.75, 3.05) is 6.61 Å². The molecular weight excluding hydrogens is 316 g/mol. The maximum Gasteiger partial charge on any atom is 0.347 e. The number of nitrogens with two attached hydrogens (primary N) is 1. The fourth-order valence-corrected chi connectivity index (χ4v) is 2.86. The minimum Gasteiger partial charge on any atom is -0.492 e. The number of aromatic carboxylic acids is 1. The molecule has 1 amide bonds. The van der Waals surface area contributed by atoms with E-state index in [-0.39, 0.29) is 10.4 Å². The Hall–Kier alpha value is -2.41. The smallest absolute Gasteiger partial charge is 0.347 e. The molecule has 23 heavy (non-hydrogen) atoms. The van der Waals surface area contributed by atoms with Crippen LogP contribution in [0.2, 0.25) is 0 Å². The minimum absolute atomic E-state index is 0.181. The predicted molar refractivity (Wildman–Crippen MR) is 88.1 cm³/mol. The average molecular weight is 334 g/mol. The van der Waals surface area contributed by atoms with E-state index >= 15 is 0 Å². The van der Waals surface area contributed by atoms with Crippen molar-refractivity contribution in [2.24, 2.45) is 11.7 Å². The van der Waals surface area contributed by atoms with Crippen LogP contribution in [0, 0.1) is 12.8 Å². The number of aromatic nitrogens is 1. The maximum atomic E-state index is 11.7. The van der Waals surface area contributed by atoms with Crippen molar-refractivity contribution < 1.29 is 19.4 Å². The molecule has 0 atom stereocenters. The zero-order valence-electron chi connectivity index (χ0n) is 13.1. The van der Waals surface area contributed by atoms with Gasteiger partial charge in [-0.2, -0.15) is 0 Å². The number of nitrogens with zero attached hydrogens (tertiary/aromatic N) is 1.